The highest BCUT2D eigenvalue weighted by atomic mass is 35.5. The maximum Gasteiger partial charge on any atom is 0.0960 e. The Hall–Kier alpha value is -1.87. The number of hydrogen-bond donors (Lipinski definition) is 1. The minimum absolute atomic E-state index is 0.711. The van der Waals surface area contributed by atoms with Crippen molar-refractivity contribution in [2.24, 2.45) is 0 Å². The molecule has 2 heterocycles. The molecule has 0 atom stereocenters. The van der Waals surface area contributed by atoms with E-state index in [0.717, 1.165) is 27.9 Å². The molecule has 3 nitrogen and oxygen atoms in total. The highest BCUT2D eigenvalue weighted by Crippen LogP contribution is 2.28. The summed E-state index contributed by atoms with van der Waals surface area (Å²) in [6.07, 6.45) is 1.76. The Bertz CT molecular complexity index is 688. The van der Waals surface area contributed by atoms with Gasteiger partial charge in [0.25, 0.3) is 0 Å². The van der Waals surface area contributed by atoms with E-state index in [1.165, 1.54) is 0 Å². The second-order valence-corrected chi connectivity index (χ2v) is 4.35. The molecule has 0 aliphatic rings. The molecule has 0 amide bonds. The number of H-pyrrole nitrogens is 1. The number of nitrogens with zero attached hydrogens (tertiary/aromatic N) is 2. The van der Waals surface area contributed by atoms with Crippen molar-refractivity contribution in [1.29, 1.82) is 0 Å². The predicted molar refractivity (Wildman–Crippen MR) is 69.1 cm³/mol. The molecule has 0 saturated carbocycles. The van der Waals surface area contributed by atoms with Crippen molar-refractivity contribution in [3.8, 4) is 11.3 Å². The van der Waals surface area contributed by atoms with Gasteiger partial charge in [-0.1, -0.05) is 23.7 Å². The van der Waals surface area contributed by atoms with Crippen molar-refractivity contribution in [3.63, 3.8) is 0 Å². The minimum Gasteiger partial charge on any atom is -0.282 e. The van der Waals surface area contributed by atoms with Gasteiger partial charge in [0.2, 0.25) is 0 Å². The first-order valence-electron chi connectivity index (χ1n) is 5.31. The van der Waals surface area contributed by atoms with Crippen LogP contribution < -0.4 is 0 Å². The van der Waals surface area contributed by atoms with Crippen LogP contribution in [0.3, 0.4) is 0 Å². The van der Waals surface area contributed by atoms with Gasteiger partial charge in [-0.25, -0.2) is 0 Å². The fraction of sp³-hybridized carbons (Fsp3) is 0.0769. The van der Waals surface area contributed by atoms with Crippen molar-refractivity contribution >= 4 is 22.5 Å². The van der Waals surface area contributed by atoms with Crippen LogP contribution in [0.2, 0.25) is 5.02 Å². The van der Waals surface area contributed by atoms with E-state index in [1.807, 2.05) is 37.3 Å². The molecule has 4 heteroatoms. The zero-order valence-electron chi connectivity index (χ0n) is 9.24. The molecule has 0 spiro atoms. The van der Waals surface area contributed by atoms with Gasteiger partial charge in [-0.05, 0) is 25.1 Å². The molecule has 0 aliphatic carbocycles. The Morgan fingerprint density at radius 2 is 2.12 bits per heavy atom. The molecule has 0 bridgehead atoms. The van der Waals surface area contributed by atoms with Crippen molar-refractivity contribution < 1.29 is 0 Å². The smallest absolute Gasteiger partial charge is 0.0960 e. The van der Waals surface area contributed by atoms with Crippen LogP contribution >= 0.6 is 11.6 Å². The summed E-state index contributed by atoms with van der Waals surface area (Å²) in [7, 11) is 0. The lowest BCUT2D eigenvalue weighted by molar-refractivity contribution is 1.07. The Balaban J connectivity index is 2.33. The van der Waals surface area contributed by atoms with E-state index in [4.69, 9.17) is 11.6 Å². The van der Waals surface area contributed by atoms with E-state index in [2.05, 4.69) is 15.2 Å². The van der Waals surface area contributed by atoms with Crippen LogP contribution in [-0.4, -0.2) is 15.2 Å². The molecule has 0 aliphatic heterocycles. The van der Waals surface area contributed by atoms with E-state index in [9.17, 15) is 0 Å². The second-order valence-electron chi connectivity index (χ2n) is 3.91. The van der Waals surface area contributed by atoms with Crippen LogP contribution in [0.1, 0.15) is 5.69 Å². The van der Waals surface area contributed by atoms with Crippen LogP contribution in [0.5, 0.6) is 0 Å². The maximum atomic E-state index is 6.01. The number of aryl methyl sites for hydroxylation is 1. The molecule has 2 aromatic heterocycles. The van der Waals surface area contributed by atoms with Crippen LogP contribution in [0.25, 0.3) is 22.2 Å². The molecule has 84 valence electrons. The number of aromatic nitrogens is 3. The summed E-state index contributed by atoms with van der Waals surface area (Å²) < 4.78 is 0. The minimum atomic E-state index is 0.711. The Morgan fingerprint density at radius 3 is 2.94 bits per heavy atom. The third kappa shape index (κ3) is 1.68. The van der Waals surface area contributed by atoms with Gasteiger partial charge in [0, 0.05) is 27.9 Å². The number of benzene rings is 1. The third-order valence-electron chi connectivity index (χ3n) is 2.75. The van der Waals surface area contributed by atoms with E-state index in [1.54, 1.807) is 6.20 Å². The largest absolute Gasteiger partial charge is 0.282 e. The topological polar surface area (TPSA) is 41.6 Å². The van der Waals surface area contributed by atoms with Crippen molar-refractivity contribution in [2.75, 3.05) is 0 Å². The average molecular weight is 244 g/mol. The summed E-state index contributed by atoms with van der Waals surface area (Å²) in [6.45, 7) is 1.99. The van der Waals surface area contributed by atoms with Crippen LogP contribution in [0, 0.1) is 6.92 Å². The summed E-state index contributed by atoms with van der Waals surface area (Å²) >= 11 is 6.01. The van der Waals surface area contributed by atoms with Crippen LogP contribution in [0.4, 0.5) is 0 Å². The van der Waals surface area contributed by atoms with Gasteiger partial charge in [0.15, 0.2) is 0 Å². The molecule has 1 aromatic carbocycles. The third-order valence-corrected chi connectivity index (χ3v) is 2.98. The van der Waals surface area contributed by atoms with Gasteiger partial charge in [0.1, 0.15) is 0 Å². The van der Waals surface area contributed by atoms with Crippen LogP contribution in [-0.2, 0) is 0 Å². The van der Waals surface area contributed by atoms with E-state index in [-0.39, 0.29) is 0 Å². The average Bonchev–Trinajstić information content (AvgIpc) is 2.71. The second kappa shape index (κ2) is 3.86. The zero-order valence-corrected chi connectivity index (χ0v) is 9.99. The van der Waals surface area contributed by atoms with Gasteiger partial charge in [0.05, 0.1) is 11.2 Å². The molecule has 0 radical (unpaired) electrons. The lowest BCUT2D eigenvalue weighted by Crippen LogP contribution is -1.85. The van der Waals surface area contributed by atoms with Crippen LogP contribution in [0.15, 0.2) is 36.5 Å². The van der Waals surface area contributed by atoms with Gasteiger partial charge in [-0.3, -0.25) is 10.1 Å². The quantitative estimate of drug-likeness (QED) is 0.710. The maximum absolute atomic E-state index is 6.01. The highest BCUT2D eigenvalue weighted by Gasteiger charge is 2.10. The molecule has 1 N–H and O–H groups in total. The first-order valence-corrected chi connectivity index (χ1v) is 5.69. The standard InChI is InChI=1S/C13H10ClN3/c1-8-12-11(17-16-8)5-6-15-13(12)9-3-2-4-10(14)7-9/h2-7H,1H3,(H,16,17). The summed E-state index contributed by atoms with van der Waals surface area (Å²) in [6, 6.07) is 9.59. The fourth-order valence-electron chi connectivity index (χ4n) is 1.97. The molecule has 0 saturated heterocycles. The van der Waals surface area contributed by atoms with Crippen molar-refractivity contribution in [1.82, 2.24) is 15.2 Å². The first-order chi connectivity index (χ1) is 8.25. The summed E-state index contributed by atoms with van der Waals surface area (Å²) in [5, 5.41) is 8.97. The fourth-order valence-corrected chi connectivity index (χ4v) is 2.16. The lowest BCUT2D eigenvalue weighted by Gasteiger charge is -2.03. The monoisotopic (exact) mass is 243 g/mol. The molecular formula is C13H10ClN3. The molecule has 0 unspecified atom stereocenters. The molecule has 3 aromatic rings. The number of hydrogen-bond acceptors (Lipinski definition) is 2. The SMILES string of the molecule is Cc1[nH]nc2ccnc(-c3cccc(Cl)c3)c12. The normalized spacial score (nSPS) is 10.9. The van der Waals surface area contributed by atoms with E-state index < -0.39 is 0 Å². The number of halogens is 1. The van der Waals surface area contributed by atoms with Gasteiger partial charge < -0.3 is 0 Å². The number of nitrogens with one attached hydrogen (secondary N) is 1. The van der Waals surface area contributed by atoms with E-state index >= 15 is 0 Å². The van der Waals surface area contributed by atoms with Crippen molar-refractivity contribution in [2.45, 2.75) is 6.92 Å². The summed E-state index contributed by atoms with van der Waals surface area (Å²) in [4.78, 5) is 4.43. The predicted octanol–water partition coefficient (Wildman–Crippen LogP) is 3.59. The Morgan fingerprint density at radius 1 is 1.24 bits per heavy atom. The number of fused-ring (bicyclic) bond motifs is 1. The number of rotatable bonds is 1. The lowest BCUT2D eigenvalue weighted by atomic mass is 10.1. The first kappa shape index (κ1) is 10.3. The number of pyridine rings is 1. The van der Waals surface area contributed by atoms with E-state index in [0.29, 0.717) is 5.02 Å². The molecule has 17 heavy (non-hydrogen) atoms. The summed E-state index contributed by atoms with van der Waals surface area (Å²) in [5.41, 5.74) is 3.86. The molecule has 0 fully saturated rings. The highest BCUT2D eigenvalue weighted by molar-refractivity contribution is 6.30. The van der Waals surface area contributed by atoms with Gasteiger partial charge >= 0.3 is 0 Å². The van der Waals surface area contributed by atoms with Crippen molar-refractivity contribution in [3.05, 3.63) is 47.2 Å². The zero-order chi connectivity index (χ0) is 11.8. The Kier molecular flexibility index (Phi) is 2.34. The summed E-state index contributed by atoms with van der Waals surface area (Å²) in [5.74, 6) is 0. The molecular weight excluding hydrogens is 234 g/mol. The van der Waals surface area contributed by atoms with Gasteiger partial charge in [-0.2, -0.15) is 5.10 Å². The number of aromatic amines is 1. The van der Waals surface area contributed by atoms with Gasteiger partial charge in [-0.15, -0.1) is 0 Å². The molecule has 3 rings (SSSR count). The Labute approximate surface area is 103 Å².